The van der Waals surface area contributed by atoms with Crippen LogP contribution in [-0.4, -0.2) is 4.98 Å². The van der Waals surface area contributed by atoms with Crippen LogP contribution >= 0.6 is 11.6 Å². The molecule has 0 saturated heterocycles. The maximum atomic E-state index is 6.20. The van der Waals surface area contributed by atoms with Gasteiger partial charge in [0.15, 0.2) is 0 Å². The summed E-state index contributed by atoms with van der Waals surface area (Å²) >= 11 is 6.20. The summed E-state index contributed by atoms with van der Waals surface area (Å²) in [5.74, 6) is 0. The highest BCUT2D eigenvalue weighted by Crippen LogP contribution is 2.28. The zero-order chi connectivity index (χ0) is 10.8. The summed E-state index contributed by atoms with van der Waals surface area (Å²) in [6.45, 7) is 4.07. The molecule has 0 aliphatic carbocycles. The minimum Gasteiger partial charge on any atom is -0.256 e. The average Bonchev–Trinajstić information content (AvgIpc) is 2.20. The van der Waals surface area contributed by atoms with Gasteiger partial charge in [0.2, 0.25) is 0 Å². The highest BCUT2D eigenvalue weighted by molar-refractivity contribution is 6.33. The molecule has 1 aromatic carbocycles. The Hall–Kier alpha value is -1.34. The predicted molar refractivity (Wildman–Crippen MR) is 64.2 cm³/mol. The van der Waals surface area contributed by atoms with E-state index in [4.69, 9.17) is 11.6 Å². The molecule has 0 amide bonds. The van der Waals surface area contributed by atoms with Gasteiger partial charge in [0, 0.05) is 11.8 Å². The number of nitrogens with zero attached hydrogens (tertiary/aromatic N) is 1. The zero-order valence-electron chi connectivity index (χ0n) is 8.79. The van der Waals surface area contributed by atoms with Crippen LogP contribution in [-0.2, 0) is 0 Å². The smallest absolute Gasteiger partial charge is 0.0746 e. The molecule has 76 valence electrons. The summed E-state index contributed by atoms with van der Waals surface area (Å²) < 4.78 is 0. The van der Waals surface area contributed by atoms with Gasteiger partial charge in [0.05, 0.1) is 10.7 Å². The number of benzene rings is 1. The van der Waals surface area contributed by atoms with Crippen molar-refractivity contribution in [1.29, 1.82) is 0 Å². The third kappa shape index (κ3) is 2.02. The molecule has 0 saturated carbocycles. The van der Waals surface area contributed by atoms with Crippen LogP contribution in [0, 0.1) is 13.8 Å². The van der Waals surface area contributed by atoms with Crippen molar-refractivity contribution in [2.45, 2.75) is 13.8 Å². The number of pyridine rings is 1. The van der Waals surface area contributed by atoms with E-state index >= 15 is 0 Å². The first-order chi connectivity index (χ1) is 7.18. The van der Waals surface area contributed by atoms with Gasteiger partial charge in [-0.3, -0.25) is 4.98 Å². The summed E-state index contributed by atoms with van der Waals surface area (Å²) in [4.78, 5) is 4.35. The second-order valence-electron chi connectivity index (χ2n) is 3.65. The molecule has 0 atom stereocenters. The topological polar surface area (TPSA) is 12.9 Å². The van der Waals surface area contributed by atoms with Gasteiger partial charge < -0.3 is 0 Å². The molecule has 2 aromatic rings. The van der Waals surface area contributed by atoms with Crippen molar-refractivity contribution in [2.24, 2.45) is 0 Å². The van der Waals surface area contributed by atoms with E-state index in [1.165, 1.54) is 0 Å². The van der Waals surface area contributed by atoms with Crippen LogP contribution in [0.5, 0.6) is 0 Å². The van der Waals surface area contributed by atoms with E-state index in [0.717, 1.165) is 27.4 Å². The van der Waals surface area contributed by atoms with Gasteiger partial charge in [-0.05, 0) is 37.1 Å². The average molecular weight is 218 g/mol. The van der Waals surface area contributed by atoms with Crippen LogP contribution in [0.25, 0.3) is 11.3 Å². The van der Waals surface area contributed by atoms with Gasteiger partial charge in [-0.25, -0.2) is 0 Å². The van der Waals surface area contributed by atoms with E-state index < -0.39 is 0 Å². The monoisotopic (exact) mass is 217 g/mol. The van der Waals surface area contributed by atoms with Crippen LogP contribution in [0.15, 0.2) is 36.5 Å². The Morgan fingerprint density at radius 1 is 1.13 bits per heavy atom. The van der Waals surface area contributed by atoms with Crippen LogP contribution in [0.1, 0.15) is 11.1 Å². The third-order valence-electron chi connectivity index (χ3n) is 2.39. The first-order valence-electron chi connectivity index (χ1n) is 4.86. The van der Waals surface area contributed by atoms with Crippen molar-refractivity contribution in [3.8, 4) is 11.3 Å². The molecule has 0 unspecified atom stereocenters. The van der Waals surface area contributed by atoms with Crippen LogP contribution < -0.4 is 0 Å². The quantitative estimate of drug-likeness (QED) is 0.703. The Balaban J connectivity index is 2.60. The third-order valence-corrected chi connectivity index (χ3v) is 2.70. The fourth-order valence-corrected chi connectivity index (χ4v) is 1.90. The fourth-order valence-electron chi connectivity index (χ4n) is 1.58. The van der Waals surface area contributed by atoms with E-state index in [0.29, 0.717) is 0 Å². The first-order valence-corrected chi connectivity index (χ1v) is 5.24. The molecular weight excluding hydrogens is 206 g/mol. The van der Waals surface area contributed by atoms with Crippen molar-refractivity contribution < 1.29 is 0 Å². The second-order valence-corrected chi connectivity index (χ2v) is 4.06. The van der Waals surface area contributed by atoms with Crippen molar-refractivity contribution in [3.05, 3.63) is 52.7 Å². The number of hydrogen-bond donors (Lipinski definition) is 0. The first kappa shape index (κ1) is 10.2. The predicted octanol–water partition coefficient (Wildman–Crippen LogP) is 4.02. The summed E-state index contributed by atoms with van der Waals surface area (Å²) in [5, 5.41) is 0.761. The van der Waals surface area contributed by atoms with Crippen molar-refractivity contribution >= 4 is 11.6 Å². The van der Waals surface area contributed by atoms with Crippen LogP contribution in [0.4, 0.5) is 0 Å². The normalized spacial score (nSPS) is 10.3. The summed E-state index contributed by atoms with van der Waals surface area (Å²) in [6.07, 6.45) is 1.79. The maximum absolute atomic E-state index is 6.20. The Labute approximate surface area is 94.7 Å². The highest BCUT2D eigenvalue weighted by atomic mass is 35.5. The lowest BCUT2D eigenvalue weighted by atomic mass is 10.1. The van der Waals surface area contributed by atoms with E-state index in [1.807, 2.05) is 38.1 Å². The molecule has 0 aliphatic rings. The van der Waals surface area contributed by atoms with Crippen molar-refractivity contribution in [3.63, 3.8) is 0 Å². The van der Waals surface area contributed by atoms with Crippen molar-refractivity contribution in [2.75, 3.05) is 0 Å². The molecule has 0 radical (unpaired) electrons. The lowest BCUT2D eigenvalue weighted by Gasteiger charge is -2.07. The molecule has 0 fully saturated rings. The molecular formula is C13H12ClN. The van der Waals surface area contributed by atoms with Gasteiger partial charge in [0.1, 0.15) is 0 Å². The van der Waals surface area contributed by atoms with Gasteiger partial charge >= 0.3 is 0 Å². The summed E-state index contributed by atoms with van der Waals surface area (Å²) in [7, 11) is 0. The number of rotatable bonds is 1. The number of aryl methyl sites for hydroxylation is 2. The lowest BCUT2D eigenvalue weighted by Crippen LogP contribution is -1.88. The standard InChI is InChI=1S/C13H12ClN/c1-9-5-6-11(12(14)8-9)13-10(2)4-3-7-15-13/h3-8H,1-2H3. The molecule has 1 aromatic heterocycles. The van der Waals surface area contributed by atoms with Gasteiger partial charge in [-0.15, -0.1) is 0 Å². The molecule has 0 aliphatic heterocycles. The van der Waals surface area contributed by atoms with Crippen LogP contribution in [0.3, 0.4) is 0 Å². The molecule has 0 spiro atoms. The number of halogens is 1. The molecule has 1 nitrogen and oxygen atoms in total. The minimum absolute atomic E-state index is 0.761. The fraction of sp³-hybridized carbons (Fsp3) is 0.154. The maximum Gasteiger partial charge on any atom is 0.0746 e. The van der Waals surface area contributed by atoms with Gasteiger partial charge in [-0.2, -0.15) is 0 Å². The van der Waals surface area contributed by atoms with Crippen molar-refractivity contribution in [1.82, 2.24) is 4.98 Å². The Morgan fingerprint density at radius 2 is 1.93 bits per heavy atom. The zero-order valence-corrected chi connectivity index (χ0v) is 9.55. The summed E-state index contributed by atoms with van der Waals surface area (Å²) in [5.41, 5.74) is 4.27. The van der Waals surface area contributed by atoms with Gasteiger partial charge in [-0.1, -0.05) is 29.8 Å². The Morgan fingerprint density at radius 3 is 2.60 bits per heavy atom. The molecule has 2 heteroatoms. The molecule has 0 N–H and O–H groups in total. The Kier molecular flexibility index (Phi) is 2.74. The largest absolute Gasteiger partial charge is 0.256 e. The van der Waals surface area contributed by atoms with Crippen LogP contribution in [0.2, 0.25) is 5.02 Å². The SMILES string of the molecule is Cc1ccc(-c2ncccc2C)c(Cl)c1. The molecule has 2 rings (SSSR count). The molecule has 15 heavy (non-hydrogen) atoms. The summed E-state index contributed by atoms with van der Waals surface area (Å²) in [6, 6.07) is 10.0. The van der Waals surface area contributed by atoms with E-state index in [-0.39, 0.29) is 0 Å². The molecule has 1 heterocycles. The number of hydrogen-bond acceptors (Lipinski definition) is 1. The lowest BCUT2D eigenvalue weighted by molar-refractivity contribution is 1.27. The highest BCUT2D eigenvalue weighted by Gasteiger charge is 2.06. The Bertz CT molecular complexity index is 492. The van der Waals surface area contributed by atoms with E-state index in [9.17, 15) is 0 Å². The van der Waals surface area contributed by atoms with Gasteiger partial charge in [0.25, 0.3) is 0 Å². The molecule has 0 bridgehead atoms. The van der Waals surface area contributed by atoms with E-state index in [2.05, 4.69) is 11.1 Å². The number of aromatic nitrogens is 1. The minimum atomic E-state index is 0.761. The van der Waals surface area contributed by atoms with E-state index in [1.54, 1.807) is 6.20 Å². The second kappa shape index (κ2) is 4.03.